The topological polar surface area (TPSA) is 131 Å². The lowest BCUT2D eigenvalue weighted by Gasteiger charge is -2.23. The van der Waals surface area contributed by atoms with Crippen LogP contribution in [0.5, 0.6) is 0 Å². The number of esters is 1. The lowest BCUT2D eigenvalue weighted by atomic mass is 10.1. The lowest BCUT2D eigenvalue weighted by molar-refractivity contribution is -0.385. The number of hydrogen-bond donors (Lipinski definition) is 0. The maximum Gasteiger partial charge on any atom is 0.326 e. The molecular weight excluding hydrogens is 386 g/mol. The van der Waals surface area contributed by atoms with E-state index in [9.17, 15) is 23.3 Å². The summed E-state index contributed by atoms with van der Waals surface area (Å²) in [5.74, 6) is -0.800. The van der Waals surface area contributed by atoms with Gasteiger partial charge in [0.2, 0.25) is 0 Å². The highest BCUT2D eigenvalue weighted by atomic mass is 32.2. The SMILES string of the molecule is COC(=O)CN(c1ccc(CC#N)cc1)S(=O)(=O)c1ccc(C)c([N+](=O)[O-])c1. The number of nitro benzene ring substituents is 1. The summed E-state index contributed by atoms with van der Waals surface area (Å²) in [5, 5.41) is 19.9. The van der Waals surface area contributed by atoms with E-state index in [4.69, 9.17) is 5.26 Å². The molecule has 0 unspecified atom stereocenters. The Bertz CT molecular complexity index is 1040. The highest BCUT2D eigenvalue weighted by Crippen LogP contribution is 2.28. The Kier molecular flexibility index (Phi) is 6.33. The molecule has 9 nitrogen and oxygen atoms in total. The molecule has 0 aliphatic heterocycles. The van der Waals surface area contributed by atoms with Crippen molar-refractivity contribution in [3.8, 4) is 6.07 Å². The monoisotopic (exact) mass is 403 g/mol. The Hall–Kier alpha value is -3.45. The van der Waals surface area contributed by atoms with Gasteiger partial charge in [0, 0.05) is 11.6 Å². The smallest absolute Gasteiger partial charge is 0.326 e. The van der Waals surface area contributed by atoms with Crippen LogP contribution in [0.1, 0.15) is 11.1 Å². The summed E-state index contributed by atoms with van der Waals surface area (Å²) in [4.78, 5) is 22.0. The van der Waals surface area contributed by atoms with Crippen LogP contribution in [0, 0.1) is 28.4 Å². The van der Waals surface area contributed by atoms with E-state index in [2.05, 4.69) is 4.74 Å². The minimum absolute atomic E-state index is 0.147. The molecule has 0 fully saturated rings. The van der Waals surface area contributed by atoms with Crippen molar-refractivity contribution in [2.75, 3.05) is 18.0 Å². The molecule has 0 atom stereocenters. The molecule has 2 aromatic carbocycles. The van der Waals surface area contributed by atoms with E-state index in [1.165, 1.54) is 31.2 Å². The maximum atomic E-state index is 13.1. The van der Waals surface area contributed by atoms with Crippen LogP contribution in [0.2, 0.25) is 0 Å². The molecule has 0 aromatic heterocycles. The number of rotatable bonds is 7. The highest BCUT2D eigenvalue weighted by molar-refractivity contribution is 7.92. The standard InChI is InChI=1S/C18H17N3O6S/c1-13-3-8-16(11-17(13)21(23)24)28(25,26)20(12-18(22)27-2)15-6-4-14(5-7-15)9-10-19/h3-8,11H,9,12H2,1-2H3. The number of nitriles is 1. The van der Waals surface area contributed by atoms with Crippen LogP contribution in [0.15, 0.2) is 47.4 Å². The third-order valence-electron chi connectivity index (χ3n) is 3.97. The van der Waals surface area contributed by atoms with Crippen LogP contribution in [-0.2, 0) is 26.0 Å². The first kappa shape index (κ1) is 20.9. The van der Waals surface area contributed by atoms with Crippen molar-refractivity contribution in [2.45, 2.75) is 18.2 Å². The van der Waals surface area contributed by atoms with Crippen molar-refractivity contribution in [2.24, 2.45) is 0 Å². The van der Waals surface area contributed by atoms with Crippen LogP contribution in [0.3, 0.4) is 0 Å². The Morgan fingerprint density at radius 2 is 1.89 bits per heavy atom. The van der Waals surface area contributed by atoms with Crippen LogP contribution in [0.4, 0.5) is 11.4 Å². The van der Waals surface area contributed by atoms with Gasteiger partial charge in [-0.25, -0.2) is 8.42 Å². The summed E-state index contributed by atoms with van der Waals surface area (Å²) < 4.78 is 31.6. The van der Waals surface area contributed by atoms with E-state index >= 15 is 0 Å². The van der Waals surface area contributed by atoms with Crippen LogP contribution < -0.4 is 4.31 Å². The minimum Gasteiger partial charge on any atom is -0.468 e. The fraction of sp³-hybridized carbons (Fsp3) is 0.222. The number of carbonyl (C=O) groups is 1. The second-order valence-corrected chi connectivity index (χ2v) is 7.66. The number of nitro groups is 1. The third-order valence-corrected chi connectivity index (χ3v) is 5.74. The molecule has 28 heavy (non-hydrogen) atoms. The predicted octanol–water partition coefficient (Wildman–Crippen LogP) is 2.34. The van der Waals surface area contributed by atoms with E-state index in [0.29, 0.717) is 11.1 Å². The average molecular weight is 403 g/mol. The van der Waals surface area contributed by atoms with Gasteiger partial charge in [0.15, 0.2) is 0 Å². The summed E-state index contributed by atoms with van der Waals surface area (Å²) >= 11 is 0. The third kappa shape index (κ3) is 4.44. The van der Waals surface area contributed by atoms with Crippen molar-refractivity contribution in [1.82, 2.24) is 0 Å². The number of aryl methyl sites for hydroxylation is 1. The maximum absolute atomic E-state index is 13.1. The molecule has 0 heterocycles. The number of anilines is 1. The first-order chi connectivity index (χ1) is 13.2. The van der Waals surface area contributed by atoms with Gasteiger partial charge in [-0.05, 0) is 30.7 Å². The number of benzene rings is 2. The Balaban J connectivity index is 2.56. The van der Waals surface area contributed by atoms with Gasteiger partial charge in [0.25, 0.3) is 15.7 Å². The van der Waals surface area contributed by atoms with Crippen molar-refractivity contribution in [3.63, 3.8) is 0 Å². The van der Waals surface area contributed by atoms with Crippen LogP contribution in [-0.4, -0.2) is 33.0 Å². The van der Waals surface area contributed by atoms with Gasteiger partial charge in [-0.3, -0.25) is 19.2 Å². The Morgan fingerprint density at radius 3 is 2.43 bits per heavy atom. The largest absolute Gasteiger partial charge is 0.468 e. The van der Waals surface area contributed by atoms with Crippen molar-refractivity contribution in [1.29, 1.82) is 5.26 Å². The zero-order chi connectivity index (χ0) is 20.9. The predicted molar refractivity (Wildman–Crippen MR) is 100 cm³/mol. The van der Waals surface area contributed by atoms with E-state index in [1.54, 1.807) is 12.1 Å². The summed E-state index contributed by atoms with van der Waals surface area (Å²) in [6, 6.07) is 11.6. The van der Waals surface area contributed by atoms with E-state index in [-0.39, 0.29) is 22.7 Å². The van der Waals surface area contributed by atoms with Crippen LogP contribution >= 0.6 is 0 Å². The van der Waals surface area contributed by atoms with E-state index in [1.807, 2.05) is 6.07 Å². The first-order valence-corrected chi connectivity index (χ1v) is 9.45. The second-order valence-electron chi connectivity index (χ2n) is 5.79. The zero-order valence-corrected chi connectivity index (χ0v) is 16.0. The van der Waals surface area contributed by atoms with E-state index < -0.39 is 27.5 Å². The summed E-state index contributed by atoms with van der Waals surface area (Å²) in [7, 11) is -3.17. The summed E-state index contributed by atoms with van der Waals surface area (Å²) in [6.07, 6.45) is 0.147. The molecule has 146 valence electrons. The molecule has 2 aromatic rings. The Morgan fingerprint density at radius 1 is 1.25 bits per heavy atom. The molecule has 0 aliphatic rings. The minimum atomic E-state index is -4.29. The summed E-state index contributed by atoms with van der Waals surface area (Å²) in [6.45, 7) is 0.882. The average Bonchev–Trinajstić information content (AvgIpc) is 2.66. The second kappa shape index (κ2) is 8.49. The zero-order valence-electron chi connectivity index (χ0n) is 15.2. The summed E-state index contributed by atoms with van der Waals surface area (Å²) in [5.41, 5.74) is 0.802. The van der Waals surface area contributed by atoms with Gasteiger partial charge in [-0.1, -0.05) is 18.2 Å². The van der Waals surface area contributed by atoms with Gasteiger partial charge in [-0.2, -0.15) is 5.26 Å². The number of carbonyl (C=O) groups excluding carboxylic acids is 1. The molecule has 0 N–H and O–H groups in total. The van der Waals surface area contributed by atoms with Gasteiger partial charge in [0.05, 0.1) is 35.1 Å². The number of nitrogens with zero attached hydrogens (tertiary/aromatic N) is 3. The number of sulfonamides is 1. The van der Waals surface area contributed by atoms with Gasteiger partial charge >= 0.3 is 5.97 Å². The van der Waals surface area contributed by atoms with Gasteiger partial charge in [0.1, 0.15) is 6.54 Å². The lowest BCUT2D eigenvalue weighted by Crippen LogP contribution is -2.36. The van der Waals surface area contributed by atoms with Crippen molar-refractivity contribution < 1.29 is 22.9 Å². The molecular formula is C18H17N3O6S. The fourth-order valence-corrected chi connectivity index (χ4v) is 3.87. The van der Waals surface area contributed by atoms with Gasteiger partial charge in [-0.15, -0.1) is 0 Å². The highest BCUT2D eigenvalue weighted by Gasteiger charge is 2.29. The molecule has 0 bridgehead atoms. The van der Waals surface area contributed by atoms with E-state index in [0.717, 1.165) is 17.5 Å². The van der Waals surface area contributed by atoms with Crippen LogP contribution in [0.25, 0.3) is 0 Å². The number of ether oxygens (including phenoxy) is 1. The molecule has 0 aliphatic carbocycles. The molecule has 2 rings (SSSR count). The molecule has 10 heteroatoms. The molecule has 0 saturated carbocycles. The number of hydrogen-bond acceptors (Lipinski definition) is 7. The fourth-order valence-electron chi connectivity index (χ4n) is 2.44. The molecule has 0 saturated heterocycles. The molecule has 0 amide bonds. The molecule has 0 spiro atoms. The molecule has 0 radical (unpaired) electrons. The van der Waals surface area contributed by atoms with Crippen molar-refractivity contribution >= 4 is 27.4 Å². The quantitative estimate of drug-likeness (QED) is 0.394. The first-order valence-electron chi connectivity index (χ1n) is 8.01. The van der Waals surface area contributed by atoms with Gasteiger partial charge < -0.3 is 4.74 Å². The van der Waals surface area contributed by atoms with Crippen molar-refractivity contribution in [3.05, 3.63) is 63.7 Å². The normalized spacial score (nSPS) is 10.8. The number of methoxy groups -OCH3 is 1. The Labute approximate surface area is 162 Å².